The third kappa shape index (κ3) is 5.48. The third-order valence-corrected chi connectivity index (χ3v) is 3.24. The molecule has 1 fully saturated rings. The third-order valence-electron chi connectivity index (χ3n) is 3.24. The van der Waals surface area contributed by atoms with Gasteiger partial charge in [0, 0.05) is 32.0 Å². The highest BCUT2D eigenvalue weighted by Gasteiger charge is 2.17. The minimum atomic E-state index is 0. The highest BCUT2D eigenvalue weighted by Crippen LogP contribution is 2.14. The Hall–Kier alpha value is -1.12. The first-order chi connectivity index (χ1) is 9.25. The number of aromatic nitrogens is 2. The minimum absolute atomic E-state index is 0. The van der Waals surface area contributed by atoms with Crippen LogP contribution < -0.4 is 11.1 Å². The first-order valence-electron chi connectivity index (χ1n) is 6.80. The van der Waals surface area contributed by atoms with Crippen molar-refractivity contribution in [1.82, 2.24) is 14.9 Å². The average Bonchev–Trinajstić information content (AvgIpc) is 2.44. The van der Waals surface area contributed by atoms with Crippen molar-refractivity contribution in [2.75, 3.05) is 31.5 Å². The monoisotopic (exact) mass is 390 g/mol. The Morgan fingerprint density at radius 3 is 3.10 bits per heavy atom. The molecule has 3 N–H and O–H groups in total. The standard InChI is InChI=1S/C13H22N6.HI/c1-11-3-2-8-19(10-11)13(14)18-7-6-17-12-9-15-4-5-16-12;/h4-5,9,11H,2-3,6-8,10H2,1H3,(H2,14,18)(H,16,17);1H. The van der Waals surface area contributed by atoms with Crippen molar-refractivity contribution in [2.24, 2.45) is 16.6 Å². The number of halogens is 1. The highest BCUT2D eigenvalue weighted by atomic mass is 127. The zero-order valence-electron chi connectivity index (χ0n) is 11.8. The van der Waals surface area contributed by atoms with Crippen LogP contribution in [0, 0.1) is 5.92 Å². The number of aliphatic imine (C=N–C) groups is 1. The fraction of sp³-hybridized carbons (Fsp3) is 0.615. The topological polar surface area (TPSA) is 79.4 Å². The van der Waals surface area contributed by atoms with Crippen LogP contribution in [-0.4, -0.2) is 47.0 Å². The van der Waals surface area contributed by atoms with Gasteiger partial charge in [0.15, 0.2) is 5.96 Å². The first kappa shape index (κ1) is 16.9. The zero-order valence-corrected chi connectivity index (χ0v) is 14.2. The largest absolute Gasteiger partial charge is 0.370 e. The van der Waals surface area contributed by atoms with Gasteiger partial charge in [-0.3, -0.25) is 9.98 Å². The van der Waals surface area contributed by atoms with Crippen molar-refractivity contribution >= 4 is 35.8 Å². The molecule has 1 aliphatic rings. The van der Waals surface area contributed by atoms with Crippen LogP contribution >= 0.6 is 24.0 Å². The van der Waals surface area contributed by atoms with Crippen LogP contribution in [0.2, 0.25) is 0 Å². The molecule has 0 spiro atoms. The predicted molar refractivity (Wildman–Crippen MR) is 92.4 cm³/mol. The van der Waals surface area contributed by atoms with E-state index in [2.05, 4.69) is 32.1 Å². The Morgan fingerprint density at radius 1 is 1.55 bits per heavy atom. The van der Waals surface area contributed by atoms with Crippen molar-refractivity contribution < 1.29 is 0 Å². The molecule has 1 aromatic heterocycles. The molecule has 0 aliphatic carbocycles. The van der Waals surface area contributed by atoms with Crippen LogP contribution in [0.4, 0.5) is 5.82 Å². The number of rotatable bonds is 4. The summed E-state index contributed by atoms with van der Waals surface area (Å²) in [5.74, 6) is 2.13. The van der Waals surface area contributed by atoms with E-state index in [0.29, 0.717) is 25.0 Å². The second-order valence-corrected chi connectivity index (χ2v) is 4.95. The molecule has 1 saturated heterocycles. The van der Waals surface area contributed by atoms with E-state index in [1.54, 1.807) is 18.6 Å². The summed E-state index contributed by atoms with van der Waals surface area (Å²) in [6.45, 7) is 5.66. The number of nitrogens with zero attached hydrogens (tertiary/aromatic N) is 4. The van der Waals surface area contributed by atoms with Crippen LogP contribution in [0.15, 0.2) is 23.6 Å². The van der Waals surface area contributed by atoms with Gasteiger partial charge in [0.1, 0.15) is 5.82 Å². The minimum Gasteiger partial charge on any atom is -0.370 e. The summed E-state index contributed by atoms with van der Waals surface area (Å²) < 4.78 is 0. The summed E-state index contributed by atoms with van der Waals surface area (Å²) in [7, 11) is 0. The molecule has 20 heavy (non-hydrogen) atoms. The average molecular weight is 390 g/mol. The number of nitrogens with two attached hydrogens (primary N) is 1. The Bertz CT molecular complexity index is 411. The maximum atomic E-state index is 6.01. The molecule has 6 nitrogen and oxygen atoms in total. The van der Waals surface area contributed by atoms with E-state index in [1.165, 1.54) is 12.8 Å². The Balaban J connectivity index is 0.00000200. The highest BCUT2D eigenvalue weighted by molar-refractivity contribution is 14.0. The normalized spacial score (nSPS) is 19.4. The van der Waals surface area contributed by atoms with Crippen LogP contribution in [0.1, 0.15) is 19.8 Å². The molecule has 0 amide bonds. The number of piperidine rings is 1. The summed E-state index contributed by atoms with van der Waals surface area (Å²) in [5, 5.41) is 3.16. The summed E-state index contributed by atoms with van der Waals surface area (Å²) in [6, 6.07) is 0. The van der Waals surface area contributed by atoms with Gasteiger partial charge < -0.3 is 16.0 Å². The quantitative estimate of drug-likeness (QED) is 0.353. The lowest BCUT2D eigenvalue weighted by Gasteiger charge is -2.31. The fourth-order valence-corrected chi connectivity index (χ4v) is 2.24. The van der Waals surface area contributed by atoms with E-state index in [1.807, 2.05) is 0 Å². The summed E-state index contributed by atoms with van der Waals surface area (Å²) in [4.78, 5) is 14.7. The van der Waals surface area contributed by atoms with Gasteiger partial charge in [0.2, 0.25) is 0 Å². The van der Waals surface area contributed by atoms with E-state index < -0.39 is 0 Å². The molecular weight excluding hydrogens is 367 g/mol. The summed E-state index contributed by atoms with van der Waals surface area (Å²) in [6.07, 6.45) is 7.50. The predicted octanol–water partition coefficient (Wildman–Crippen LogP) is 1.55. The van der Waals surface area contributed by atoms with Gasteiger partial charge in [-0.2, -0.15) is 0 Å². The Labute approximate surface area is 137 Å². The second kappa shape index (κ2) is 8.93. The maximum Gasteiger partial charge on any atom is 0.191 e. The molecule has 2 rings (SSSR count). The number of hydrogen-bond donors (Lipinski definition) is 2. The lowest BCUT2D eigenvalue weighted by molar-refractivity contribution is 0.270. The van der Waals surface area contributed by atoms with Gasteiger partial charge in [0.05, 0.1) is 12.7 Å². The van der Waals surface area contributed by atoms with Crippen LogP contribution in [-0.2, 0) is 0 Å². The van der Waals surface area contributed by atoms with E-state index in [9.17, 15) is 0 Å². The fourth-order valence-electron chi connectivity index (χ4n) is 2.24. The molecule has 0 saturated carbocycles. The van der Waals surface area contributed by atoms with E-state index in [4.69, 9.17) is 5.73 Å². The van der Waals surface area contributed by atoms with Gasteiger partial charge in [-0.15, -0.1) is 24.0 Å². The second-order valence-electron chi connectivity index (χ2n) is 4.95. The van der Waals surface area contributed by atoms with Crippen molar-refractivity contribution in [1.29, 1.82) is 0 Å². The Kier molecular flexibility index (Phi) is 7.56. The molecule has 1 aromatic rings. The number of likely N-dealkylation sites (tertiary alicyclic amines) is 1. The number of nitrogens with one attached hydrogen (secondary N) is 1. The van der Waals surface area contributed by atoms with Crippen LogP contribution in [0.5, 0.6) is 0 Å². The molecular formula is C13H23IN6. The molecule has 1 atom stereocenters. The molecule has 7 heteroatoms. The van der Waals surface area contributed by atoms with Crippen molar-refractivity contribution in [3.05, 3.63) is 18.6 Å². The summed E-state index contributed by atoms with van der Waals surface area (Å²) in [5.41, 5.74) is 6.01. The zero-order chi connectivity index (χ0) is 13.5. The van der Waals surface area contributed by atoms with Gasteiger partial charge in [-0.1, -0.05) is 6.92 Å². The number of hydrogen-bond acceptors (Lipinski definition) is 4. The Morgan fingerprint density at radius 2 is 2.40 bits per heavy atom. The molecule has 2 heterocycles. The molecule has 1 unspecified atom stereocenters. The van der Waals surface area contributed by atoms with E-state index in [-0.39, 0.29) is 24.0 Å². The lowest BCUT2D eigenvalue weighted by Crippen LogP contribution is -2.43. The molecule has 0 bridgehead atoms. The van der Waals surface area contributed by atoms with E-state index in [0.717, 1.165) is 18.9 Å². The van der Waals surface area contributed by atoms with Gasteiger partial charge in [-0.05, 0) is 18.8 Å². The van der Waals surface area contributed by atoms with Crippen molar-refractivity contribution in [2.45, 2.75) is 19.8 Å². The lowest BCUT2D eigenvalue weighted by atomic mass is 10.0. The summed E-state index contributed by atoms with van der Waals surface area (Å²) >= 11 is 0. The van der Waals surface area contributed by atoms with Crippen molar-refractivity contribution in [3.8, 4) is 0 Å². The van der Waals surface area contributed by atoms with Gasteiger partial charge >= 0.3 is 0 Å². The maximum absolute atomic E-state index is 6.01. The molecule has 112 valence electrons. The molecule has 0 aromatic carbocycles. The molecule has 0 radical (unpaired) electrons. The smallest absolute Gasteiger partial charge is 0.191 e. The SMILES string of the molecule is CC1CCCN(C(N)=NCCNc2cnccn2)C1.I. The van der Waals surface area contributed by atoms with Crippen LogP contribution in [0.25, 0.3) is 0 Å². The van der Waals surface area contributed by atoms with Gasteiger partial charge in [0.25, 0.3) is 0 Å². The molecule has 1 aliphatic heterocycles. The van der Waals surface area contributed by atoms with Crippen molar-refractivity contribution in [3.63, 3.8) is 0 Å². The number of guanidine groups is 1. The van der Waals surface area contributed by atoms with E-state index >= 15 is 0 Å². The first-order valence-corrected chi connectivity index (χ1v) is 6.80. The van der Waals surface area contributed by atoms with Crippen LogP contribution in [0.3, 0.4) is 0 Å². The number of anilines is 1. The van der Waals surface area contributed by atoms with Gasteiger partial charge in [-0.25, -0.2) is 4.98 Å².